The van der Waals surface area contributed by atoms with Crippen molar-refractivity contribution >= 4 is 69.5 Å². The van der Waals surface area contributed by atoms with Crippen LogP contribution in [0.2, 0.25) is 0 Å². The maximum atomic E-state index is 14.0. The van der Waals surface area contributed by atoms with Crippen molar-refractivity contribution in [1.29, 1.82) is 0 Å². The molecule has 0 fully saturated rings. The Bertz CT molecular complexity index is 2230. The highest BCUT2D eigenvalue weighted by Gasteiger charge is 2.47. The smallest absolute Gasteiger partial charge is 0.314 e. The van der Waals surface area contributed by atoms with E-state index >= 15 is 0 Å². The first-order chi connectivity index (χ1) is 28.6. The van der Waals surface area contributed by atoms with Gasteiger partial charge in [0.2, 0.25) is 0 Å². The molecule has 298 valence electrons. The number of para-hydroxylation sites is 2. The van der Waals surface area contributed by atoms with Crippen molar-refractivity contribution in [1.82, 2.24) is 0 Å². The van der Waals surface area contributed by atoms with E-state index in [-0.39, 0.29) is 34.0 Å². The molecule has 60 heavy (non-hydrogen) atoms. The Morgan fingerprint density at radius 2 is 0.500 bits per heavy atom. The number of rotatable bonds is 12. The molecule has 0 aromatic heterocycles. The third kappa shape index (κ3) is 9.29. The normalized spacial score (nSPS) is 11.0. The molecule has 2 N–H and O–H groups in total. The minimum absolute atomic E-state index is 0. The Morgan fingerprint density at radius 3 is 0.733 bits per heavy atom. The van der Waals surface area contributed by atoms with Crippen LogP contribution in [0.15, 0.2) is 231 Å². The number of amides is 2. The van der Waals surface area contributed by atoms with E-state index in [1.165, 1.54) is 31.8 Å². The number of anilines is 2. The summed E-state index contributed by atoms with van der Waals surface area (Å²) in [5.74, 6) is -1.44. The Hall–Kier alpha value is -5.48. The largest absolute Gasteiger partial charge is 1.00 e. The van der Waals surface area contributed by atoms with Gasteiger partial charge >= 0.3 is 11.8 Å². The van der Waals surface area contributed by atoms with Crippen LogP contribution in [0.25, 0.3) is 0 Å². The second-order valence-electron chi connectivity index (χ2n) is 14.2. The maximum absolute atomic E-state index is 14.0. The second kappa shape index (κ2) is 20.7. The van der Waals surface area contributed by atoms with Crippen molar-refractivity contribution in [3.8, 4) is 0 Å². The monoisotopic (exact) mass is 948 g/mol. The molecule has 0 atom stereocenters. The lowest BCUT2D eigenvalue weighted by molar-refractivity contribution is -0.133. The molecule has 8 aromatic rings. The molecule has 2 amide bonds. The van der Waals surface area contributed by atoms with Crippen molar-refractivity contribution in [2.24, 2.45) is 0 Å². The fourth-order valence-electron chi connectivity index (χ4n) is 7.97. The van der Waals surface area contributed by atoms with Gasteiger partial charge in [0, 0.05) is 22.5 Å². The number of nitrogens with one attached hydrogen (secondary N) is 2. The summed E-state index contributed by atoms with van der Waals surface area (Å²) >= 11 is 0. The predicted octanol–water partition coefficient (Wildman–Crippen LogP) is 3.26. The van der Waals surface area contributed by atoms with Crippen molar-refractivity contribution in [2.75, 3.05) is 10.6 Å². The van der Waals surface area contributed by atoms with Crippen molar-refractivity contribution in [3.05, 3.63) is 242 Å². The number of hydrogen-bond donors (Lipinski definition) is 2. The number of carbonyl (C=O) groups is 2. The average molecular weight is 951 g/mol. The Kier molecular flexibility index (Phi) is 15.2. The Balaban J connectivity index is 0.00000302. The van der Waals surface area contributed by atoms with Gasteiger partial charge in [0.25, 0.3) is 0 Å². The van der Waals surface area contributed by atoms with Crippen LogP contribution in [-0.2, 0) is 21.9 Å². The van der Waals surface area contributed by atoms with Crippen LogP contribution in [0.4, 0.5) is 11.4 Å². The average Bonchev–Trinajstić information content (AvgIpc) is 3.30. The predicted molar refractivity (Wildman–Crippen MR) is 248 cm³/mol. The SMILES string of the molecule is O=C(Nc1ccccc1C[P+](c1ccccc1)(c1ccccc1)c1ccccc1)C(=O)Nc1ccccc1C[P+](c1ccccc1)(c1ccccc1)c1ccccc1.[Br-].[Br-]. The summed E-state index contributed by atoms with van der Waals surface area (Å²) in [6, 6.07) is 79.7. The lowest BCUT2D eigenvalue weighted by Gasteiger charge is -2.28. The van der Waals surface area contributed by atoms with Crippen molar-refractivity contribution in [3.63, 3.8) is 0 Å². The van der Waals surface area contributed by atoms with E-state index in [1.54, 1.807) is 0 Å². The highest BCUT2D eigenvalue weighted by atomic mass is 79.9. The molecule has 8 heteroatoms. The molecule has 0 heterocycles. The minimum atomic E-state index is -2.28. The third-order valence-electron chi connectivity index (χ3n) is 10.7. The Morgan fingerprint density at radius 1 is 0.300 bits per heavy atom. The molecule has 4 nitrogen and oxygen atoms in total. The van der Waals surface area contributed by atoms with Crippen LogP contribution in [0.5, 0.6) is 0 Å². The van der Waals surface area contributed by atoms with Crippen LogP contribution in [-0.4, -0.2) is 11.8 Å². The molecule has 0 aliphatic carbocycles. The van der Waals surface area contributed by atoms with Gasteiger partial charge in [-0.1, -0.05) is 146 Å². The van der Waals surface area contributed by atoms with E-state index < -0.39 is 26.3 Å². The quantitative estimate of drug-likeness (QED) is 0.146. The first-order valence-electron chi connectivity index (χ1n) is 19.5. The molecular formula is C52H44Br2N2O2P2. The van der Waals surface area contributed by atoms with Crippen LogP contribution in [0, 0.1) is 0 Å². The van der Waals surface area contributed by atoms with E-state index in [2.05, 4.69) is 168 Å². The van der Waals surface area contributed by atoms with Crippen LogP contribution >= 0.6 is 14.5 Å². The fraction of sp³-hybridized carbons (Fsp3) is 0.0385. The topological polar surface area (TPSA) is 58.2 Å². The van der Waals surface area contributed by atoms with Crippen LogP contribution < -0.4 is 76.4 Å². The van der Waals surface area contributed by atoms with E-state index in [4.69, 9.17) is 0 Å². The number of hydrogen-bond acceptors (Lipinski definition) is 2. The zero-order valence-electron chi connectivity index (χ0n) is 32.8. The summed E-state index contributed by atoms with van der Waals surface area (Å²) in [5.41, 5.74) is 3.14. The lowest BCUT2D eigenvalue weighted by Crippen LogP contribution is -3.00. The zero-order valence-corrected chi connectivity index (χ0v) is 37.8. The third-order valence-corrected chi connectivity index (χ3v) is 19.4. The molecule has 0 saturated carbocycles. The lowest BCUT2D eigenvalue weighted by atomic mass is 10.2. The summed E-state index contributed by atoms with van der Waals surface area (Å²) < 4.78 is 0. The standard InChI is InChI=1S/C52H42N2O2P2.2BrH/c55-51(53-49-37-21-19-23-41(49)39-57(43-25-7-1-8-26-43,44-27-9-2-10-28-44)45-29-11-3-12-30-45)52(56)54-50-38-22-20-24-42(50)40-58(46-31-13-4-14-32-46,47-33-15-5-16-34-47)48-35-17-6-18-36-48;;/h1-38H,39-40H2;2*1H. The van der Waals surface area contributed by atoms with E-state index in [1.807, 2.05) is 72.8 Å². The Labute approximate surface area is 375 Å². The summed E-state index contributed by atoms with van der Waals surface area (Å²) in [5, 5.41) is 13.5. The van der Waals surface area contributed by atoms with E-state index in [9.17, 15) is 9.59 Å². The number of halogens is 2. The fourth-order valence-corrected chi connectivity index (χ4v) is 16.5. The van der Waals surface area contributed by atoms with Gasteiger partial charge in [-0.05, 0) is 84.9 Å². The number of carbonyl (C=O) groups excluding carboxylic acids is 2. The van der Waals surface area contributed by atoms with Gasteiger partial charge < -0.3 is 44.6 Å². The second-order valence-corrected chi connectivity index (χ2v) is 21.1. The summed E-state index contributed by atoms with van der Waals surface area (Å²) in [4.78, 5) is 28.0. The molecule has 0 saturated heterocycles. The molecule has 8 rings (SSSR count). The van der Waals surface area contributed by atoms with Gasteiger partial charge in [-0.2, -0.15) is 0 Å². The maximum Gasteiger partial charge on any atom is 0.314 e. The summed E-state index contributed by atoms with van der Waals surface area (Å²) in [7, 11) is -4.55. The molecule has 0 radical (unpaired) electrons. The summed E-state index contributed by atoms with van der Waals surface area (Å²) in [6.45, 7) is 0. The molecular weight excluding hydrogens is 906 g/mol. The van der Waals surface area contributed by atoms with Gasteiger partial charge in [-0.25, -0.2) is 0 Å². The summed E-state index contributed by atoms with van der Waals surface area (Å²) in [6.07, 6.45) is 1.30. The molecule has 0 aliphatic heterocycles. The highest BCUT2D eigenvalue weighted by Crippen LogP contribution is 2.60. The van der Waals surface area contributed by atoms with Gasteiger partial charge in [0.15, 0.2) is 0 Å². The minimum Gasteiger partial charge on any atom is -1.00 e. The van der Waals surface area contributed by atoms with E-state index in [0.717, 1.165) is 11.1 Å². The first kappa shape index (κ1) is 44.1. The zero-order chi connectivity index (χ0) is 39.6. The van der Waals surface area contributed by atoms with Crippen LogP contribution in [0.3, 0.4) is 0 Å². The molecule has 0 aliphatic rings. The number of benzene rings is 8. The van der Waals surface area contributed by atoms with Crippen molar-refractivity contribution in [2.45, 2.75) is 12.3 Å². The van der Waals surface area contributed by atoms with E-state index in [0.29, 0.717) is 23.7 Å². The van der Waals surface area contributed by atoms with Gasteiger partial charge in [0.1, 0.15) is 58.7 Å². The van der Waals surface area contributed by atoms with Gasteiger partial charge in [-0.15, -0.1) is 0 Å². The highest BCUT2D eigenvalue weighted by molar-refractivity contribution is 7.95. The molecule has 0 spiro atoms. The van der Waals surface area contributed by atoms with Gasteiger partial charge in [-0.3, -0.25) is 9.59 Å². The molecule has 8 aromatic carbocycles. The van der Waals surface area contributed by atoms with Crippen molar-refractivity contribution < 1.29 is 43.6 Å². The van der Waals surface area contributed by atoms with Crippen LogP contribution in [0.1, 0.15) is 11.1 Å². The molecule has 0 unspecified atom stereocenters. The van der Waals surface area contributed by atoms with Gasteiger partial charge in [0.05, 0.1) is 0 Å². The molecule has 0 bridgehead atoms. The first-order valence-corrected chi connectivity index (χ1v) is 23.4.